The van der Waals surface area contributed by atoms with Crippen molar-refractivity contribution in [3.8, 4) is 0 Å². The molecule has 0 heterocycles. The molecule has 0 unspecified atom stereocenters. The number of benzene rings is 1. The third kappa shape index (κ3) is 11.6. The van der Waals surface area contributed by atoms with E-state index in [1.54, 1.807) is 0 Å². The van der Waals surface area contributed by atoms with Gasteiger partial charge in [-0.2, -0.15) is 0 Å². The molecule has 0 atom stereocenters. The second-order valence-electron chi connectivity index (χ2n) is 6.19. The van der Waals surface area contributed by atoms with Crippen molar-refractivity contribution in [2.75, 3.05) is 5.75 Å². The van der Waals surface area contributed by atoms with E-state index in [0.717, 1.165) is 0 Å². The van der Waals surface area contributed by atoms with E-state index in [9.17, 15) is 0 Å². The summed E-state index contributed by atoms with van der Waals surface area (Å²) in [6, 6.07) is 8.67. The lowest BCUT2D eigenvalue weighted by Crippen LogP contribution is -1.84. The van der Waals surface area contributed by atoms with Crippen LogP contribution in [0.1, 0.15) is 84.0 Å². The molecule has 1 aromatic rings. The summed E-state index contributed by atoms with van der Waals surface area (Å²) < 4.78 is 1.17. The van der Waals surface area contributed by atoms with Crippen LogP contribution in [0.4, 0.5) is 0 Å². The predicted molar refractivity (Wildman–Crippen MR) is 106 cm³/mol. The average Bonchev–Trinajstić information content (AvgIpc) is 2.53. The Hall–Kier alpha value is 0.0500. The molecule has 0 aliphatic carbocycles. The van der Waals surface area contributed by atoms with Crippen molar-refractivity contribution in [2.45, 2.75) is 88.9 Å². The largest absolute Gasteiger partial charge is 0.126 e. The Balaban J connectivity index is 1.79. The number of hydrogen-bond donors (Lipinski definition) is 0. The second kappa shape index (κ2) is 14.6. The zero-order valence-electron chi connectivity index (χ0n) is 14.3. The molecule has 0 bridgehead atoms. The van der Waals surface area contributed by atoms with E-state index in [4.69, 9.17) is 0 Å². The SMILES string of the molecule is CCCCCCCCCCCCCCSc1ccc(Br)cc1. The highest BCUT2D eigenvalue weighted by Gasteiger charge is 1.96. The fourth-order valence-electron chi connectivity index (χ4n) is 2.66. The maximum atomic E-state index is 3.48. The van der Waals surface area contributed by atoms with Crippen LogP contribution >= 0.6 is 27.7 Å². The molecule has 0 radical (unpaired) electrons. The van der Waals surface area contributed by atoms with Crippen molar-refractivity contribution >= 4 is 27.7 Å². The lowest BCUT2D eigenvalue weighted by Gasteiger charge is -2.03. The van der Waals surface area contributed by atoms with Crippen LogP contribution < -0.4 is 0 Å². The topological polar surface area (TPSA) is 0 Å². The summed E-state index contributed by atoms with van der Waals surface area (Å²) in [4.78, 5) is 1.39. The van der Waals surface area contributed by atoms with Gasteiger partial charge in [0.2, 0.25) is 0 Å². The molecule has 126 valence electrons. The molecule has 0 nitrogen and oxygen atoms in total. The highest BCUT2D eigenvalue weighted by molar-refractivity contribution is 9.10. The van der Waals surface area contributed by atoms with Crippen LogP contribution in [0.25, 0.3) is 0 Å². The van der Waals surface area contributed by atoms with Crippen LogP contribution in [0.2, 0.25) is 0 Å². The maximum absolute atomic E-state index is 3.48. The number of rotatable bonds is 14. The van der Waals surface area contributed by atoms with Crippen LogP contribution in [-0.4, -0.2) is 5.75 Å². The molecule has 0 spiro atoms. The van der Waals surface area contributed by atoms with E-state index in [2.05, 4.69) is 47.1 Å². The summed E-state index contributed by atoms with van der Waals surface area (Å²) in [5, 5.41) is 0. The van der Waals surface area contributed by atoms with Crippen LogP contribution in [0.15, 0.2) is 33.6 Å². The zero-order valence-corrected chi connectivity index (χ0v) is 16.7. The first-order valence-corrected chi connectivity index (χ1v) is 11.0. The first-order chi connectivity index (χ1) is 10.8. The summed E-state index contributed by atoms with van der Waals surface area (Å²) >= 11 is 5.47. The molecule has 22 heavy (non-hydrogen) atoms. The Bertz CT molecular complexity index is 347. The molecule has 0 aromatic heterocycles. The van der Waals surface area contributed by atoms with Crippen LogP contribution in [0, 0.1) is 0 Å². The van der Waals surface area contributed by atoms with Crippen molar-refractivity contribution in [1.29, 1.82) is 0 Å². The number of hydrogen-bond acceptors (Lipinski definition) is 1. The Kier molecular flexibility index (Phi) is 13.4. The van der Waals surface area contributed by atoms with Gasteiger partial charge < -0.3 is 0 Å². The van der Waals surface area contributed by atoms with Gasteiger partial charge in [0.25, 0.3) is 0 Å². The molecular formula is C20H33BrS. The lowest BCUT2D eigenvalue weighted by molar-refractivity contribution is 0.548. The zero-order chi connectivity index (χ0) is 15.9. The van der Waals surface area contributed by atoms with Crippen LogP contribution in [-0.2, 0) is 0 Å². The minimum Gasteiger partial charge on any atom is -0.126 e. The molecule has 0 N–H and O–H groups in total. The molecule has 0 saturated heterocycles. The van der Waals surface area contributed by atoms with Gasteiger partial charge in [0.05, 0.1) is 0 Å². The van der Waals surface area contributed by atoms with Gasteiger partial charge in [0, 0.05) is 9.37 Å². The van der Waals surface area contributed by atoms with Gasteiger partial charge in [-0.1, -0.05) is 93.5 Å². The minimum absolute atomic E-state index is 1.17. The molecule has 2 heteroatoms. The summed E-state index contributed by atoms with van der Waals surface area (Å²) in [6.07, 6.45) is 17.2. The normalized spacial score (nSPS) is 11.0. The van der Waals surface area contributed by atoms with Gasteiger partial charge in [-0.3, -0.25) is 0 Å². The molecular weight excluding hydrogens is 352 g/mol. The lowest BCUT2D eigenvalue weighted by atomic mass is 10.1. The van der Waals surface area contributed by atoms with Gasteiger partial charge in [0.15, 0.2) is 0 Å². The maximum Gasteiger partial charge on any atom is 0.0176 e. The predicted octanol–water partition coefficient (Wildman–Crippen LogP) is 8.24. The van der Waals surface area contributed by atoms with E-state index >= 15 is 0 Å². The number of halogens is 1. The third-order valence-corrected chi connectivity index (χ3v) is 5.71. The Morgan fingerprint density at radius 2 is 1.14 bits per heavy atom. The molecule has 0 aliphatic heterocycles. The fourth-order valence-corrected chi connectivity index (χ4v) is 3.84. The minimum atomic E-state index is 1.17. The summed E-state index contributed by atoms with van der Waals surface area (Å²) in [7, 11) is 0. The van der Waals surface area contributed by atoms with Crippen LogP contribution in [0.5, 0.6) is 0 Å². The van der Waals surface area contributed by atoms with Crippen molar-refractivity contribution in [3.63, 3.8) is 0 Å². The smallest absolute Gasteiger partial charge is 0.0176 e. The molecule has 0 aliphatic rings. The quantitative estimate of drug-likeness (QED) is 0.229. The Morgan fingerprint density at radius 1 is 0.682 bits per heavy atom. The first-order valence-electron chi connectivity index (χ1n) is 9.21. The van der Waals surface area contributed by atoms with Gasteiger partial charge in [-0.25, -0.2) is 0 Å². The Morgan fingerprint density at radius 3 is 1.64 bits per heavy atom. The van der Waals surface area contributed by atoms with Crippen molar-refractivity contribution in [2.24, 2.45) is 0 Å². The third-order valence-electron chi connectivity index (χ3n) is 4.08. The van der Waals surface area contributed by atoms with Gasteiger partial charge in [-0.05, 0) is 36.4 Å². The van der Waals surface area contributed by atoms with Crippen molar-refractivity contribution < 1.29 is 0 Å². The van der Waals surface area contributed by atoms with E-state index in [1.165, 1.54) is 92.2 Å². The average molecular weight is 385 g/mol. The van der Waals surface area contributed by atoms with Crippen LogP contribution in [0.3, 0.4) is 0 Å². The van der Waals surface area contributed by atoms with Gasteiger partial charge >= 0.3 is 0 Å². The van der Waals surface area contributed by atoms with Gasteiger partial charge in [0.1, 0.15) is 0 Å². The first kappa shape index (κ1) is 20.1. The highest BCUT2D eigenvalue weighted by atomic mass is 79.9. The second-order valence-corrected chi connectivity index (χ2v) is 8.28. The van der Waals surface area contributed by atoms with Crippen molar-refractivity contribution in [1.82, 2.24) is 0 Å². The molecule has 0 saturated carbocycles. The monoisotopic (exact) mass is 384 g/mol. The van der Waals surface area contributed by atoms with E-state index in [-0.39, 0.29) is 0 Å². The Labute approximate surface area is 151 Å². The molecule has 0 amide bonds. The van der Waals surface area contributed by atoms with E-state index < -0.39 is 0 Å². The highest BCUT2D eigenvalue weighted by Crippen LogP contribution is 2.22. The van der Waals surface area contributed by atoms with E-state index in [1.807, 2.05) is 11.8 Å². The summed E-state index contributed by atoms with van der Waals surface area (Å²) in [6.45, 7) is 2.29. The summed E-state index contributed by atoms with van der Waals surface area (Å²) in [5.74, 6) is 1.26. The molecule has 1 rings (SSSR count). The van der Waals surface area contributed by atoms with Crippen molar-refractivity contribution in [3.05, 3.63) is 28.7 Å². The van der Waals surface area contributed by atoms with Gasteiger partial charge in [-0.15, -0.1) is 11.8 Å². The number of thioether (sulfide) groups is 1. The number of unbranched alkanes of at least 4 members (excludes halogenated alkanes) is 11. The molecule has 1 aromatic carbocycles. The van der Waals surface area contributed by atoms with E-state index in [0.29, 0.717) is 0 Å². The summed E-state index contributed by atoms with van der Waals surface area (Å²) in [5.41, 5.74) is 0. The molecule has 0 fully saturated rings. The standard InChI is InChI=1S/C20H33BrS/c1-2-3-4-5-6-7-8-9-10-11-12-13-18-22-20-16-14-19(21)15-17-20/h14-17H,2-13,18H2,1H3. The fraction of sp³-hybridized carbons (Fsp3) is 0.700.